The standard InChI is InChI=1S/C10H17N3O2S/c1-9-3-4-10(8-12-9)7-11-5-6-13-16(2,14)15/h3-4,8,11,13H,5-7H2,1-2H3. The molecule has 0 saturated carbocycles. The lowest BCUT2D eigenvalue weighted by molar-refractivity contribution is 0.581. The predicted molar refractivity (Wildman–Crippen MR) is 63.5 cm³/mol. The Morgan fingerprint density at radius 1 is 1.31 bits per heavy atom. The average molecular weight is 243 g/mol. The Bertz CT molecular complexity index is 414. The summed E-state index contributed by atoms with van der Waals surface area (Å²) in [6, 6.07) is 3.95. The van der Waals surface area contributed by atoms with Crippen molar-refractivity contribution in [2.24, 2.45) is 0 Å². The molecule has 0 fully saturated rings. The van der Waals surface area contributed by atoms with E-state index in [1.165, 1.54) is 0 Å². The first-order valence-corrected chi connectivity index (χ1v) is 6.93. The maximum absolute atomic E-state index is 10.8. The van der Waals surface area contributed by atoms with Crippen molar-refractivity contribution in [1.29, 1.82) is 0 Å². The highest BCUT2D eigenvalue weighted by Crippen LogP contribution is 1.97. The number of aryl methyl sites for hydroxylation is 1. The lowest BCUT2D eigenvalue weighted by Crippen LogP contribution is -2.30. The zero-order chi connectivity index (χ0) is 12.0. The number of aromatic nitrogens is 1. The molecule has 0 radical (unpaired) electrons. The summed E-state index contributed by atoms with van der Waals surface area (Å²) in [5.41, 5.74) is 2.08. The van der Waals surface area contributed by atoms with Crippen LogP contribution in [-0.2, 0) is 16.6 Å². The molecule has 6 heteroatoms. The maximum Gasteiger partial charge on any atom is 0.208 e. The predicted octanol–water partition coefficient (Wildman–Crippen LogP) is 0.0288. The number of pyridine rings is 1. The summed E-state index contributed by atoms with van der Waals surface area (Å²) in [7, 11) is -3.08. The molecule has 1 aromatic rings. The molecule has 1 aromatic heterocycles. The summed E-state index contributed by atoms with van der Waals surface area (Å²) in [5, 5.41) is 3.13. The van der Waals surface area contributed by atoms with Gasteiger partial charge in [0.05, 0.1) is 6.26 Å². The van der Waals surface area contributed by atoms with Gasteiger partial charge in [-0.1, -0.05) is 6.07 Å². The number of nitrogens with zero attached hydrogens (tertiary/aromatic N) is 1. The Kier molecular flexibility index (Phi) is 4.85. The molecule has 0 amide bonds. The van der Waals surface area contributed by atoms with Crippen LogP contribution in [0.3, 0.4) is 0 Å². The van der Waals surface area contributed by atoms with E-state index < -0.39 is 10.0 Å². The Hall–Kier alpha value is -0.980. The van der Waals surface area contributed by atoms with E-state index in [1.54, 1.807) is 0 Å². The molecule has 0 saturated heterocycles. The van der Waals surface area contributed by atoms with Crippen LogP contribution in [0.2, 0.25) is 0 Å². The fraction of sp³-hybridized carbons (Fsp3) is 0.500. The lowest BCUT2D eigenvalue weighted by Gasteiger charge is -2.05. The molecule has 0 aromatic carbocycles. The van der Waals surface area contributed by atoms with E-state index in [9.17, 15) is 8.42 Å². The third-order valence-corrected chi connectivity index (χ3v) is 2.70. The number of hydrogen-bond donors (Lipinski definition) is 2. The SMILES string of the molecule is Cc1ccc(CNCCNS(C)(=O)=O)cn1. The van der Waals surface area contributed by atoms with Gasteiger partial charge in [0.25, 0.3) is 0 Å². The molecule has 0 aliphatic rings. The minimum atomic E-state index is -3.08. The molecule has 5 nitrogen and oxygen atoms in total. The van der Waals surface area contributed by atoms with Crippen LogP contribution in [0.1, 0.15) is 11.3 Å². The zero-order valence-electron chi connectivity index (χ0n) is 9.53. The van der Waals surface area contributed by atoms with Gasteiger partial charge in [0, 0.05) is 31.5 Å². The van der Waals surface area contributed by atoms with E-state index in [-0.39, 0.29) is 0 Å². The molecule has 90 valence electrons. The molecule has 0 spiro atoms. The van der Waals surface area contributed by atoms with Crippen molar-refractivity contribution in [3.05, 3.63) is 29.6 Å². The molecule has 0 unspecified atom stereocenters. The van der Waals surface area contributed by atoms with Crippen LogP contribution in [0.4, 0.5) is 0 Å². The topological polar surface area (TPSA) is 71.1 Å². The van der Waals surface area contributed by atoms with Crippen molar-refractivity contribution in [3.63, 3.8) is 0 Å². The molecule has 0 bridgehead atoms. The fourth-order valence-corrected chi connectivity index (χ4v) is 1.63. The van der Waals surface area contributed by atoms with Gasteiger partial charge in [-0.2, -0.15) is 0 Å². The number of rotatable bonds is 6. The summed E-state index contributed by atoms with van der Waals surface area (Å²) in [4.78, 5) is 4.17. The first kappa shape index (κ1) is 13.1. The van der Waals surface area contributed by atoms with Gasteiger partial charge in [0.1, 0.15) is 0 Å². The number of nitrogens with one attached hydrogen (secondary N) is 2. The van der Waals surface area contributed by atoms with E-state index >= 15 is 0 Å². The van der Waals surface area contributed by atoms with Crippen LogP contribution in [0.25, 0.3) is 0 Å². The smallest absolute Gasteiger partial charge is 0.208 e. The summed E-state index contributed by atoms with van der Waals surface area (Å²) in [6.45, 7) is 3.63. The largest absolute Gasteiger partial charge is 0.311 e. The first-order chi connectivity index (χ1) is 7.47. The molecule has 0 aliphatic heterocycles. The van der Waals surface area contributed by atoms with Crippen molar-refractivity contribution < 1.29 is 8.42 Å². The van der Waals surface area contributed by atoms with E-state index in [2.05, 4.69) is 15.0 Å². The van der Waals surface area contributed by atoms with E-state index in [4.69, 9.17) is 0 Å². The van der Waals surface area contributed by atoms with Gasteiger partial charge in [-0.05, 0) is 18.6 Å². The van der Waals surface area contributed by atoms with Crippen molar-refractivity contribution in [2.45, 2.75) is 13.5 Å². The van der Waals surface area contributed by atoms with Gasteiger partial charge in [0.15, 0.2) is 0 Å². The second-order valence-corrected chi connectivity index (χ2v) is 5.48. The van der Waals surface area contributed by atoms with E-state index in [1.807, 2.05) is 25.3 Å². The minimum absolute atomic E-state index is 0.401. The van der Waals surface area contributed by atoms with Crippen molar-refractivity contribution >= 4 is 10.0 Å². The van der Waals surface area contributed by atoms with Crippen LogP contribution in [-0.4, -0.2) is 32.7 Å². The highest BCUT2D eigenvalue weighted by molar-refractivity contribution is 7.88. The second kappa shape index (κ2) is 5.93. The summed E-state index contributed by atoms with van der Waals surface area (Å²) >= 11 is 0. The Balaban J connectivity index is 2.19. The molecule has 2 N–H and O–H groups in total. The van der Waals surface area contributed by atoms with Crippen LogP contribution >= 0.6 is 0 Å². The summed E-state index contributed by atoms with van der Waals surface area (Å²) < 4.78 is 23.9. The van der Waals surface area contributed by atoms with Gasteiger partial charge in [-0.15, -0.1) is 0 Å². The lowest BCUT2D eigenvalue weighted by atomic mass is 10.2. The third kappa shape index (κ3) is 5.79. The maximum atomic E-state index is 10.8. The highest BCUT2D eigenvalue weighted by Gasteiger charge is 1.98. The molecular weight excluding hydrogens is 226 g/mol. The molecule has 0 aliphatic carbocycles. The molecule has 1 rings (SSSR count). The third-order valence-electron chi connectivity index (χ3n) is 1.97. The molecule has 0 atom stereocenters. The van der Waals surface area contributed by atoms with Crippen LogP contribution < -0.4 is 10.0 Å². The van der Waals surface area contributed by atoms with Crippen molar-refractivity contribution in [2.75, 3.05) is 19.3 Å². The van der Waals surface area contributed by atoms with Crippen molar-refractivity contribution in [1.82, 2.24) is 15.0 Å². The summed E-state index contributed by atoms with van der Waals surface area (Å²) in [6.07, 6.45) is 2.96. The number of sulfonamides is 1. The average Bonchev–Trinajstić information content (AvgIpc) is 2.19. The van der Waals surface area contributed by atoms with E-state index in [0.717, 1.165) is 17.5 Å². The number of hydrogen-bond acceptors (Lipinski definition) is 4. The zero-order valence-corrected chi connectivity index (χ0v) is 10.3. The van der Waals surface area contributed by atoms with Crippen LogP contribution in [0.15, 0.2) is 18.3 Å². The van der Waals surface area contributed by atoms with Crippen LogP contribution in [0, 0.1) is 6.92 Å². The van der Waals surface area contributed by atoms with E-state index in [0.29, 0.717) is 19.6 Å². The molecule has 1 heterocycles. The fourth-order valence-electron chi connectivity index (χ4n) is 1.16. The monoisotopic (exact) mass is 243 g/mol. The van der Waals surface area contributed by atoms with Gasteiger partial charge >= 0.3 is 0 Å². The first-order valence-electron chi connectivity index (χ1n) is 5.04. The van der Waals surface area contributed by atoms with Gasteiger partial charge in [0.2, 0.25) is 10.0 Å². The second-order valence-electron chi connectivity index (χ2n) is 3.65. The van der Waals surface area contributed by atoms with Crippen LogP contribution in [0.5, 0.6) is 0 Å². The Morgan fingerprint density at radius 3 is 2.62 bits per heavy atom. The van der Waals surface area contributed by atoms with Gasteiger partial charge < -0.3 is 5.32 Å². The Morgan fingerprint density at radius 2 is 2.06 bits per heavy atom. The molecular formula is C10H17N3O2S. The minimum Gasteiger partial charge on any atom is -0.311 e. The Labute approximate surface area is 96.3 Å². The summed E-state index contributed by atoms with van der Waals surface area (Å²) in [5.74, 6) is 0. The molecule has 16 heavy (non-hydrogen) atoms. The quantitative estimate of drug-likeness (QED) is 0.691. The normalized spacial score (nSPS) is 11.6. The van der Waals surface area contributed by atoms with Gasteiger partial charge in [-0.25, -0.2) is 13.1 Å². The van der Waals surface area contributed by atoms with Gasteiger partial charge in [-0.3, -0.25) is 4.98 Å². The highest BCUT2D eigenvalue weighted by atomic mass is 32.2. The van der Waals surface area contributed by atoms with Crippen molar-refractivity contribution in [3.8, 4) is 0 Å².